The molecule has 1 aromatic heterocycles. The zero-order valence-corrected chi connectivity index (χ0v) is 13.8. The molecule has 1 fully saturated rings. The number of carbonyl (C=O) groups excluding carboxylic acids is 1. The number of amides is 1. The van der Waals surface area contributed by atoms with Gasteiger partial charge in [-0.05, 0) is 51.8 Å². The van der Waals surface area contributed by atoms with E-state index in [2.05, 4.69) is 0 Å². The maximum Gasteiger partial charge on any atom is 0.290 e. The summed E-state index contributed by atoms with van der Waals surface area (Å²) in [5, 5.41) is 11.8. The lowest BCUT2D eigenvalue weighted by Crippen LogP contribution is -2.48. The van der Waals surface area contributed by atoms with Crippen LogP contribution in [-0.2, 0) is 0 Å². The van der Waals surface area contributed by atoms with Gasteiger partial charge >= 0.3 is 0 Å². The molecule has 22 heavy (non-hydrogen) atoms. The average molecular weight is 322 g/mol. The highest BCUT2D eigenvalue weighted by molar-refractivity contribution is 6.31. The molecule has 1 aliphatic heterocycles. The number of fused-ring (bicyclic) bond motifs is 1. The zero-order chi connectivity index (χ0) is 16.1. The van der Waals surface area contributed by atoms with E-state index in [0.29, 0.717) is 22.9 Å². The summed E-state index contributed by atoms with van der Waals surface area (Å²) in [5.74, 6) is 0.183. The molecule has 1 saturated heterocycles. The lowest BCUT2D eigenvalue weighted by Gasteiger charge is -2.33. The first-order valence-electron chi connectivity index (χ1n) is 7.51. The fraction of sp³-hybridized carbons (Fsp3) is 0.471. The van der Waals surface area contributed by atoms with Crippen molar-refractivity contribution in [2.24, 2.45) is 0 Å². The van der Waals surface area contributed by atoms with E-state index in [9.17, 15) is 9.90 Å². The van der Waals surface area contributed by atoms with Crippen LogP contribution in [0.5, 0.6) is 0 Å². The predicted molar refractivity (Wildman–Crippen MR) is 86.3 cm³/mol. The fourth-order valence-electron chi connectivity index (χ4n) is 3.27. The summed E-state index contributed by atoms with van der Waals surface area (Å²) in [5.41, 5.74) is 0.531. The van der Waals surface area contributed by atoms with Crippen molar-refractivity contribution in [3.05, 3.63) is 34.5 Å². The van der Waals surface area contributed by atoms with E-state index >= 15 is 0 Å². The van der Waals surface area contributed by atoms with Gasteiger partial charge in [0.2, 0.25) is 0 Å². The number of benzene rings is 1. The number of nitrogens with zero attached hydrogens (tertiary/aromatic N) is 1. The largest absolute Gasteiger partial charge is 0.451 e. The van der Waals surface area contributed by atoms with Crippen LogP contribution in [0.1, 0.15) is 42.8 Å². The molecule has 1 atom stereocenters. The Kier molecular flexibility index (Phi) is 3.69. The summed E-state index contributed by atoms with van der Waals surface area (Å²) in [6.45, 7) is 6.00. The Morgan fingerprint density at radius 3 is 2.86 bits per heavy atom. The van der Waals surface area contributed by atoms with E-state index in [4.69, 9.17) is 16.0 Å². The molecule has 3 rings (SSSR count). The predicted octanol–water partition coefficient (Wildman–Crippen LogP) is 3.77. The third-order valence-electron chi connectivity index (χ3n) is 4.42. The van der Waals surface area contributed by atoms with Crippen LogP contribution in [0.3, 0.4) is 0 Å². The molecule has 1 unspecified atom stereocenters. The minimum absolute atomic E-state index is 0.158. The average Bonchev–Trinajstić information content (AvgIpc) is 3.04. The Balaban J connectivity index is 2.00. The Bertz CT molecular complexity index is 729. The molecule has 0 spiro atoms. The second-order valence-corrected chi connectivity index (χ2v) is 6.94. The first-order valence-corrected chi connectivity index (χ1v) is 7.89. The van der Waals surface area contributed by atoms with Crippen molar-refractivity contribution in [3.63, 3.8) is 0 Å². The van der Waals surface area contributed by atoms with E-state index < -0.39 is 5.60 Å². The number of aryl methyl sites for hydroxylation is 1. The van der Waals surface area contributed by atoms with Crippen molar-refractivity contribution in [3.8, 4) is 0 Å². The third kappa shape index (κ3) is 2.50. The summed E-state index contributed by atoms with van der Waals surface area (Å²) < 4.78 is 5.76. The molecule has 118 valence electrons. The Labute approximate surface area is 134 Å². The van der Waals surface area contributed by atoms with Gasteiger partial charge in [-0.2, -0.15) is 0 Å². The Morgan fingerprint density at radius 2 is 2.18 bits per heavy atom. The number of hydrogen-bond donors (Lipinski definition) is 1. The summed E-state index contributed by atoms with van der Waals surface area (Å²) in [6, 6.07) is 5.15. The number of rotatable bonds is 2. The van der Waals surface area contributed by atoms with Crippen molar-refractivity contribution in [1.82, 2.24) is 4.90 Å². The van der Waals surface area contributed by atoms with Gasteiger partial charge in [0.15, 0.2) is 5.76 Å². The zero-order valence-electron chi connectivity index (χ0n) is 13.0. The SMILES string of the molecule is Cc1c(C(=O)N2CCCC2C(C)(C)O)oc2ccc(Cl)cc12. The molecule has 0 saturated carbocycles. The van der Waals surface area contributed by atoms with Crippen LogP contribution >= 0.6 is 11.6 Å². The van der Waals surface area contributed by atoms with Crippen molar-refractivity contribution in [2.45, 2.75) is 45.3 Å². The Morgan fingerprint density at radius 1 is 1.45 bits per heavy atom. The van der Waals surface area contributed by atoms with E-state index in [1.165, 1.54) is 0 Å². The number of aliphatic hydroxyl groups is 1. The standard InChI is InChI=1S/C17H20ClNO3/c1-10-12-9-11(18)6-7-13(12)22-15(10)16(20)19-8-4-5-14(19)17(2,3)21/h6-7,9,14,21H,4-5,8H2,1-3H3. The summed E-state index contributed by atoms with van der Waals surface area (Å²) in [6.07, 6.45) is 1.70. The van der Waals surface area contributed by atoms with Gasteiger partial charge in [0.05, 0.1) is 11.6 Å². The lowest BCUT2D eigenvalue weighted by molar-refractivity contribution is -0.000723. The molecule has 1 N–H and O–H groups in total. The maximum atomic E-state index is 12.9. The second kappa shape index (κ2) is 5.28. The Hall–Kier alpha value is -1.52. The number of carbonyl (C=O) groups is 1. The summed E-state index contributed by atoms with van der Waals surface area (Å²) >= 11 is 6.02. The van der Waals surface area contributed by atoms with Crippen molar-refractivity contribution in [2.75, 3.05) is 6.54 Å². The second-order valence-electron chi connectivity index (χ2n) is 6.51. The van der Waals surface area contributed by atoms with E-state index in [1.807, 2.05) is 13.0 Å². The van der Waals surface area contributed by atoms with Gasteiger partial charge in [-0.15, -0.1) is 0 Å². The topological polar surface area (TPSA) is 53.7 Å². The quantitative estimate of drug-likeness (QED) is 0.916. The van der Waals surface area contributed by atoms with Gasteiger partial charge in [0.1, 0.15) is 5.58 Å². The monoisotopic (exact) mass is 321 g/mol. The molecule has 0 radical (unpaired) electrons. The van der Waals surface area contributed by atoms with Crippen molar-refractivity contribution in [1.29, 1.82) is 0 Å². The van der Waals surface area contributed by atoms with Crippen LogP contribution in [0.4, 0.5) is 0 Å². The van der Waals surface area contributed by atoms with Gasteiger partial charge in [0.25, 0.3) is 5.91 Å². The van der Waals surface area contributed by atoms with Gasteiger partial charge in [-0.1, -0.05) is 11.6 Å². The van der Waals surface area contributed by atoms with Gasteiger partial charge in [0, 0.05) is 22.5 Å². The van der Waals surface area contributed by atoms with Crippen LogP contribution in [0.25, 0.3) is 11.0 Å². The first kappa shape index (κ1) is 15.4. The van der Waals surface area contributed by atoms with E-state index in [0.717, 1.165) is 23.8 Å². The van der Waals surface area contributed by atoms with Gasteiger partial charge in [-0.3, -0.25) is 4.79 Å². The molecule has 2 aromatic rings. The van der Waals surface area contributed by atoms with E-state index in [1.54, 1.807) is 30.9 Å². The molecular formula is C17H20ClNO3. The molecule has 0 bridgehead atoms. The highest BCUT2D eigenvalue weighted by atomic mass is 35.5. The molecule has 0 aliphatic carbocycles. The summed E-state index contributed by atoms with van der Waals surface area (Å²) in [4.78, 5) is 14.6. The summed E-state index contributed by atoms with van der Waals surface area (Å²) in [7, 11) is 0. The number of likely N-dealkylation sites (tertiary alicyclic amines) is 1. The van der Waals surface area contributed by atoms with Gasteiger partial charge in [-0.25, -0.2) is 0 Å². The molecule has 4 nitrogen and oxygen atoms in total. The minimum Gasteiger partial charge on any atom is -0.451 e. The lowest BCUT2D eigenvalue weighted by atomic mass is 9.96. The highest BCUT2D eigenvalue weighted by Crippen LogP contribution is 2.32. The van der Waals surface area contributed by atoms with Crippen molar-refractivity contribution < 1.29 is 14.3 Å². The first-order chi connectivity index (χ1) is 10.3. The fourth-order valence-corrected chi connectivity index (χ4v) is 3.44. The third-order valence-corrected chi connectivity index (χ3v) is 4.66. The number of furan rings is 1. The van der Waals surface area contributed by atoms with Crippen LogP contribution in [0, 0.1) is 6.92 Å². The maximum absolute atomic E-state index is 12.9. The van der Waals surface area contributed by atoms with Crippen LogP contribution in [0.2, 0.25) is 5.02 Å². The molecule has 5 heteroatoms. The highest BCUT2D eigenvalue weighted by Gasteiger charge is 2.40. The smallest absolute Gasteiger partial charge is 0.290 e. The van der Waals surface area contributed by atoms with Crippen LogP contribution < -0.4 is 0 Å². The van der Waals surface area contributed by atoms with Crippen molar-refractivity contribution >= 4 is 28.5 Å². The number of hydrogen-bond acceptors (Lipinski definition) is 3. The molecular weight excluding hydrogens is 302 g/mol. The molecule has 1 amide bonds. The van der Waals surface area contributed by atoms with Crippen LogP contribution in [-0.4, -0.2) is 34.1 Å². The van der Waals surface area contributed by atoms with Gasteiger partial charge < -0.3 is 14.4 Å². The van der Waals surface area contributed by atoms with E-state index in [-0.39, 0.29) is 11.9 Å². The van der Waals surface area contributed by atoms with Crippen LogP contribution in [0.15, 0.2) is 22.6 Å². The number of halogens is 1. The molecule has 1 aromatic carbocycles. The minimum atomic E-state index is -0.921. The molecule has 1 aliphatic rings. The molecule has 2 heterocycles. The normalized spacial score (nSPS) is 19.1.